The lowest BCUT2D eigenvalue weighted by Gasteiger charge is -2.16. The lowest BCUT2D eigenvalue weighted by molar-refractivity contribution is -0.115. The van der Waals surface area contributed by atoms with Gasteiger partial charge in [-0.25, -0.2) is 0 Å². The highest BCUT2D eigenvalue weighted by Crippen LogP contribution is 2.29. The van der Waals surface area contributed by atoms with Crippen molar-refractivity contribution in [1.29, 1.82) is 0 Å². The third-order valence-corrected chi connectivity index (χ3v) is 5.86. The number of nitrogen functional groups attached to an aromatic ring is 1. The molecule has 29 heavy (non-hydrogen) atoms. The van der Waals surface area contributed by atoms with Crippen LogP contribution in [0.2, 0.25) is 0 Å². The van der Waals surface area contributed by atoms with Gasteiger partial charge in [0.05, 0.1) is 5.25 Å². The van der Waals surface area contributed by atoms with Crippen molar-refractivity contribution in [2.45, 2.75) is 51.6 Å². The average Bonchev–Trinajstić information content (AvgIpc) is 3.07. The minimum Gasteiger partial charge on any atom is -0.399 e. The number of hydrogen-bond donors (Lipinski definition) is 2. The molecule has 0 saturated carbocycles. The third kappa shape index (κ3) is 4.62. The minimum absolute atomic E-state index is 0.0512. The van der Waals surface area contributed by atoms with E-state index in [1.54, 1.807) is 0 Å². The number of aromatic nitrogens is 3. The number of rotatable bonds is 6. The maximum absolute atomic E-state index is 12.8. The summed E-state index contributed by atoms with van der Waals surface area (Å²) in [5.41, 5.74) is 11.6. The molecule has 2 aromatic carbocycles. The first-order chi connectivity index (χ1) is 13.8. The van der Waals surface area contributed by atoms with Gasteiger partial charge in [0.1, 0.15) is 0 Å². The monoisotopic (exact) mass is 409 g/mol. The van der Waals surface area contributed by atoms with Crippen LogP contribution in [0.5, 0.6) is 0 Å². The number of benzene rings is 2. The van der Waals surface area contributed by atoms with E-state index in [-0.39, 0.29) is 11.2 Å². The largest absolute Gasteiger partial charge is 0.399 e. The van der Waals surface area contributed by atoms with E-state index in [9.17, 15) is 4.79 Å². The Labute approximate surface area is 175 Å². The maximum Gasteiger partial charge on any atom is 0.237 e. The lowest BCUT2D eigenvalue weighted by atomic mass is 10.1. The Morgan fingerprint density at radius 2 is 1.76 bits per heavy atom. The Bertz CT molecular complexity index is 1000. The van der Waals surface area contributed by atoms with E-state index in [0.29, 0.717) is 12.2 Å². The molecule has 3 N–H and O–H groups in total. The van der Waals surface area contributed by atoms with Crippen LogP contribution >= 0.6 is 11.8 Å². The van der Waals surface area contributed by atoms with Crippen molar-refractivity contribution >= 4 is 29.0 Å². The SMILES string of the molecule is CCn1c(S[C@@H](C)C(=O)Nc2c(C)cc(C)cc2C)nnc1-c1ccc(N)cc1. The van der Waals surface area contributed by atoms with Gasteiger partial charge in [0.15, 0.2) is 11.0 Å². The van der Waals surface area contributed by atoms with E-state index in [0.717, 1.165) is 33.4 Å². The summed E-state index contributed by atoms with van der Waals surface area (Å²) in [5, 5.41) is 12.1. The molecule has 0 fully saturated rings. The molecule has 1 amide bonds. The van der Waals surface area contributed by atoms with Gasteiger partial charge in [0.25, 0.3) is 0 Å². The molecule has 152 valence electrons. The molecular formula is C22H27N5OS. The number of nitrogens with zero attached hydrogens (tertiary/aromatic N) is 3. The highest BCUT2D eigenvalue weighted by molar-refractivity contribution is 8.00. The Morgan fingerprint density at radius 1 is 1.14 bits per heavy atom. The van der Waals surface area contributed by atoms with Crippen molar-refractivity contribution in [1.82, 2.24) is 14.8 Å². The first-order valence-corrected chi connectivity index (χ1v) is 10.5. The van der Waals surface area contributed by atoms with E-state index in [2.05, 4.69) is 34.6 Å². The second-order valence-electron chi connectivity index (χ2n) is 7.20. The summed E-state index contributed by atoms with van der Waals surface area (Å²) in [5.74, 6) is 0.720. The number of carbonyl (C=O) groups excluding carboxylic acids is 1. The van der Waals surface area contributed by atoms with Gasteiger partial charge >= 0.3 is 0 Å². The summed E-state index contributed by atoms with van der Waals surface area (Å²) >= 11 is 1.41. The first kappa shape index (κ1) is 20.9. The molecule has 7 heteroatoms. The van der Waals surface area contributed by atoms with Gasteiger partial charge in [-0.1, -0.05) is 29.5 Å². The fourth-order valence-electron chi connectivity index (χ4n) is 3.32. The molecule has 0 spiro atoms. The van der Waals surface area contributed by atoms with Crippen LogP contribution in [0.25, 0.3) is 11.4 Å². The maximum atomic E-state index is 12.8. The number of nitrogens with one attached hydrogen (secondary N) is 1. The van der Waals surface area contributed by atoms with Gasteiger partial charge in [-0.3, -0.25) is 4.79 Å². The molecule has 3 aromatic rings. The zero-order valence-corrected chi connectivity index (χ0v) is 18.3. The van der Waals surface area contributed by atoms with Crippen LogP contribution in [0, 0.1) is 20.8 Å². The number of anilines is 2. The van der Waals surface area contributed by atoms with Crippen LogP contribution in [0.1, 0.15) is 30.5 Å². The van der Waals surface area contributed by atoms with Crippen molar-refractivity contribution in [3.8, 4) is 11.4 Å². The molecule has 0 bridgehead atoms. The molecule has 6 nitrogen and oxygen atoms in total. The van der Waals surface area contributed by atoms with Crippen LogP contribution in [0.15, 0.2) is 41.6 Å². The van der Waals surface area contributed by atoms with Gasteiger partial charge < -0.3 is 15.6 Å². The molecule has 1 aromatic heterocycles. The zero-order chi connectivity index (χ0) is 21.1. The van der Waals surface area contributed by atoms with Crippen molar-refractivity contribution in [2.75, 3.05) is 11.1 Å². The predicted octanol–water partition coefficient (Wildman–Crippen LogP) is 4.59. The summed E-state index contributed by atoms with van der Waals surface area (Å²) in [6.07, 6.45) is 0. The zero-order valence-electron chi connectivity index (χ0n) is 17.5. The summed E-state index contributed by atoms with van der Waals surface area (Å²) in [4.78, 5) is 12.8. The van der Waals surface area contributed by atoms with Gasteiger partial charge in [-0.2, -0.15) is 0 Å². The van der Waals surface area contributed by atoms with Crippen LogP contribution in [0.4, 0.5) is 11.4 Å². The molecule has 0 radical (unpaired) electrons. The molecule has 3 rings (SSSR count). The number of hydrogen-bond acceptors (Lipinski definition) is 5. The predicted molar refractivity (Wildman–Crippen MR) is 120 cm³/mol. The summed E-state index contributed by atoms with van der Waals surface area (Å²) < 4.78 is 2.02. The number of thioether (sulfide) groups is 1. The van der Waals surface area contributed by atoms with Crippen molar-refractivity contribution < 1.29 is 4.79 Å². The average molecular weight is 410 g/mol. The summed E-state index contributed by atoms with van der Waals surface area (Å²) in [6, 6.07) is 11.7. The van der Waals surface area contributed by atoms with E-state index in [4.69, 9.17) is 5.73 Å². The molecule has 0 aliphatic heterocycles. The third-order valence-electron chi connectivity index (χ3n) is 4.78. The topological polar surface area (TPSA) is 85.8 Å². The minimum atomic E-state index is -0.316. The molecule has 1 atom stereocenters. The van der Waals surface area contributed by atoms with Crippen molar-refractivity contribution in [2.24, 2.45) is 0 Å². The quantitative estimate of drug-likeness (QED) is 0.459. The molecular weight excluding hydrogens is 382 g/mol. The fraction of sp³-hybridized carbons (Fsp3) is 0.318. The van der Waals surface area contributed by atoms with E-state index < -0.39 is 0 Å². The fourth-order valence-corrected chi connectivity index (χ4v) is 4.23. The Morgan fingerprint density at radius 3 is 2.34 bits per heavy atom. The highest BCUT2D eigenvalue weighted by Gasteiger charge is 2.21. The standard InChI is InChI=1S/C22H27N5OS/c1-6-27-20(17-7-9-18(23)10-8-17)25-26-22(27)29-16(5)21(28)24-19-14(3)11-13(2)12-15(19)4/h7-12,16H,6,23H2,1-5H3,(H,24,28)/t16-/m0/s1. The van der Waals surface area contributed by atoms with E-state index in [1.807, 2.05) is 56.5 Å². The van der Waals surface area contributed by atoms with Crippen LogP contribution < -0.4 is 11.1 Å². The van der Waals surface area contributed by atoms with Crippen LogP contribution in [-0.4, -0.2) is 25.9 Å². The summed E-state index contributed by atoms with van der Waals surface area (Å²) in [7, 11) is 0. The van der Waals surface area contributed by atoms with Gasteiger partial charge in [-0.15, -0.1) is 10.2 Å². The normalized spacial score (nSPS) is 12.0. The van der Waals surface area contributed by atoms with Crippen LogP contribution in [0.3, 0.4) is 0 Å². The molecule has 0 aliphatic rings. The second-order valence-corrected chi connectivity index (χ2v) is 8.50. The van der Waals surface area contributed by atoms with Gasteiger partial charge in [-0.05, 0) is 70.0 Å². The van der Waals surface area contributed by atoms with Crippen molar-refractivity contribution in [3.63, 3.8) is 0 Å². The van der Waals surface area contributed by atoms with Crippen LogP contribution in [-0.2, 0) is 11.3 Å². The molecule has 0 unspecified atom stereocenters. The number of amides is 1. The Balaban J connectivity index is 1.78. The summed E-state index contributed by atoms with van der Waals surface area (Å²) in [6.45, 7) is 10.7. The molecule has 0 saturated heterocycles. The Kier molecular flexibility index (Phi) is 6.27. The highest BCUT2D eigenvalue weighted by atomic mass is 32.2. The smallest absolute Gasteiger partial charge is 0.237 e. The molecule has 1 heterocycles. The van der Waals surface area contributed by atoms with Gasteiger partial charge in [0.2, 0.25) is 5.91 Å². The number of carbonyl (C=O) groups is 1. The van der Waals surface area contributed by atoms with E-state index in [1.165, 1.54) is 17.3 Å². The second kappa shape index (κ2) is 8.69. The lowest BCUT2D eigenvalue weighted by Crippen LogP contribution is -2.24. The van der Waals surface area contributed by atoms with Gasteiger partial charge in [0, 0.05) is 23.5 Å². The number of nitrogens with two attached hydrogens (primary N) is 1. The van der Waals surface area contributed by atoms with Crippen molar-refractivity contribution in [3.05, 3.63) is 53.1 Å². The van der Waals surface area contributed by atoms with E-state index >= 15 is 0 Å². The number of aryl methyl sites for hydroxylation is 3. The Hall–Kier alpha value is -2.80. The first-order valence-electron chi connectivity index (χ1n) is 9.64. The molecule has 0 aliphatic carbocycles.